The molecule has 0 amide bonds. The van der Waals surface area contributed by atoms with Gasteiger partial charge in [0.2, 0.25) is 0 Å². The lowest BCUT2D eigenvalue weighted by Gasteiger charge is -2.11. The molecule has 2 rings (SSSR count). The topological polar surface area (TPSA) is 9.23 Å². The van der Waals surface area contributed by atoms with Crippen molar-refractivity contribution in [1.82, 2.24) is 0 Å². The Hall–Kier alpha value is 0.840. The van der Waals surface area contributed by atoms with Crippen molar-refractivity contribution in [2.75, 3.05) is 0 Å². The van der Waals surface area contributed by atoms with E-state index >= 15 is 0 Å². The predicted molar refractivity (Wildman–Crippen MR) is 103 cm³/mol. The van der Waals surface area contributed by atoms with Crippen LogP contribution in [0.1, 0.15) is 5.56 Å². The molecule has 0 saturated carbocycles. The van der Waals surface area contributed by atoms with Crippen molar-refractivity contribution in [2.24, 2.45) is 0 Å². The summed E-state index contributed by atoms with van der Waals surface area (Å²) in [5, 5.41) is 0. The van der Waals surface area contributed by atoms with Gasteiger partial charge in [-0.15, -0.1) is 0 Å². The van der Waals surface area contributed by atoms with Crippen LogP contribution in [0.5, 0.6) is 5.75 Å². The van der Waals surface area contributed by atoms with Crippen molar-refractivity contribution in [1.29, 1.82) is 0 Å². The van der Waals surface area contributed by atoms with E-state index in [0.717, 1.165) is 18.5 Å². The zero-order valence-corrected chi connectivity index (χ0v) is 17.5. The highest BCUT2D eigenvalue weighted by molar-refractivity contribution is 14.1. The lowest BCUT2D eigenvalue weighted by Crippen LogP contribution is -2.00. The van der Waals surface area contributed by atoms with E-state index in [1.807, 2.05) is 0 Å². The highest BCUT2D eigenvalue weighted by Gasteiger charge is 2.09. The Bertz CT molecular complexity index is 596. The minimum absolute atomic E-state index is 0.262. The first kappa shape index (κ1) is 16.2. The molecule has 2 aromatic rings. The molecule has 0 N–H and O–H groups in total. The van der Waals surface area contributed by atoms with E-state index in [1.165, 1.54) is 9.64 Å². The Morgan fingerprint density at radius 1 is 1.05 bits per heavy atom. The van der Waals surface area contributed by atoms with Crippen LogP contribution in [-0.2, 0) is 6.61 Å². The molecule has 0 radical (unpaired) electrons. The molecule has 0 atom stereocenters. The van der Waals surface area contributed by atoms with Crippen LogP contribution >= 0.6 is 83.7 Å². The molecule has 0 spiro atoms. The molecule has 0 bridgehead atoms. The van der Waals surface area contributed by atoms with E-state index in [0.29, 0.717) is 11.1 Å². The number of ether oxygens (including phenoxy) is 1. The summed E-state index contributed by atoms with van der Waals surface area (Å²) in [5.41, 5.74) is 0.929. The normalized spacial score (nSPS) is 10.6. The van der Waals surface area contributed by atoms with E-state index < -0.39 is 0 Å². The van der Waals surface area contributed by atoms with Gasteiger partial charge in [-0.1, -0.05) is 6.07 Å². The number of hydrogen-bond acceptors (Lipinski definition) is 1. The molecular formula is C13H7BrFI3O. The fourth-order valence-electron chi connectivity index (χ4n) is 1.45. The average Bonchev–Trinajstić information content (AvgIpc) is 2.32. The first-order valence-corrected chi connectivity index (χ1v) is 9.21. The summed E-state index contributed by atoms with van der Waals surface area (Å²) >= 11 is 9.98. The van der Waals surface area contributed by atoms with Crippen molar-refractivity contribution < 1.29 is 9.13 Å². The molecule has 2 aromatic carbocycles. The van der Waals surface area contributed by atoms with E-state index in [1.54, 1.807) is 12.1 Å². The summed E-state index contributed by atoms with van der Waals surface area (Å²) in [4.78, 5) is 0. The Labute approximate surface area is 160 Å². The Balaban J connectivity index is 2.16. The maximum absolute atomic E-state index is 13.1. The summed E-state index contributed by atoms with van der Waals surface area (Å²) in [6, 6.07) is 9.04. The second-order valence-electron chi connectivity index (χ2n) is 3.74. The van der Waals surface area contributed by atoms with Crippen molar-refractivity contribution >= 4 is 83.7 Å². The van der Waals surface area contributed by atoms with E-state index in [4.69, 9.17) is 4.74 Å². The van der Waals surface area contributed by atoms with Gasteiger partial charge in [-0.3, -0.25) is 0 Å². The quantitative estimate of drug-likeness (QED) is 0.369. The van der Waals surface area contributed by atoms with Crippen molar-refractivity contribution in [2.45, 2.75) is 6.61 Å². The van der Waals surface area contributed by atoms with Crippen LogP contribution in [-0.4, -0.2) is 0 Å². The second-order valence-corrected chi connectivity index (χ2v) is 8.16. The molecular weight excluding hydrogens is 652 g/mol. The zero-order valence-electron chi connectivity index (χ0n) is 9.39. The van der Waals surface area contributed by atoms with Crippen molar-refractivity contribution in [3.8, 4) is 5.75 Å². The number of rotatable bonds is 3. The van der Waals surface area contributed by atoms with Crippen LogP contribution in [0.2, 0.25) is 0 Å². The fourth-order valence-corrected chi connectivity index (χ4v) is 5.77. The summed E-state index contributed by atoms with van der Waals surface area (Å²) in [5.74, 6) is 0.615. The van der Waals surface area contributed by atoms with Gasteiger partial charge >= 0.3 is 0 Å². The van der Waals surface area contributed by atoms with E-state index in [9.17, 15) is 4.39 Å². The Morgan fingerprint density at radius 3 is 2.26 bits per heavy atom. The van der Waals surface area contributed by atoms with Gasteiger partial charge in [0.15, 0.2) is 0 Å². The van der Waals surface area contributed by atoms with Gasteiger partial charge in [-0.2, -0.15) is 0 Å². The van der Waals surface area contributed by atoms with Gasteiger partial charge in [-0.05, 0) is 114 Å². The first-order valence-electron chi connectivity index (χ1n) is 5.18. The monoisotopic (exact) mass is 658 g/mol. The SMILES string of the molecule is Fc1ccc(COc2c(I)cc(I)cc2I)cc1Br. The maximum Gasteiger partial charge on any atom is 0.146 e. The maximum atomic E-state index is 13.1. The molecule has 0 fully saturated rings. The van der Waals surface area contributed by atoms with Crippen LogP contribution in [0.25, 0.3) is 0 Å². The predicted octanol–water partition coefficient (Wildman–Crippen LogP) is 5.98. The molecule has 0 aliphatic carbocycles. The van der Waals surface area contributed by atoms with Gasteiger partial charge in [0.05, 0.1) is 11.6 Å². The molecule has 0 saturated heterocycles. The lowest BCUT2D eigenvalue weighted by atomic mass is 10.2. The van der Waals surface area contributed by atoms with Crippen LogP contribution in [0, 0.1) is 16.5 Å². The smallest absolute Gasteiger partial charge is 0.146 e. The van der Waals surface area contributed by atoms with Gasteiger partial charge in [-0.25, -0.2) is 4.39 Å². The molecule has 1 nitrogen and oxygen atoms in total. The average molecular weight is 659 g/mol. The van der Waals surface area contributed by atoms with Gasteiger partial charge in [0.1, 0.15) is 18.2 Å². The number of hydrogen-bond donors (Lipinski definition) is 0. The van der Waals surface area contributed by atoms with E-state index in [2.05, 4.69) is 95.8 Å². The fraction of sp³-hybridized carbons (Fsp3) is 0.0769. The van der Waals surface area contributed by atoms with E-state index in [-0.39, 0.29) is 5.82 Å². The molecule has 100 valence electrons. The molecule has 6 heteroatoms. The summed E-state index contributed by atoms with van der Waals surface area (Å²) < 4.78 is 22.8. The van der Waals surface area contributed by atoms with Crippen LogP contribution < -0.4 is 4.74 Å². The third kappa shape index (κ3) is 4.40. The molecule has 0 heterocycles. The van der Waals surface area contributed by atoms with Gasteiger partial charge < -0.3 is 4.74 Å². The summed E-state index contributed by atoms with van der Waals surface area (Å²) in [7, 11) is 0. The Morgan fingerprint density at radius 2 is 1.68 bits per heavy atom. The standard InChI is InChI=1S/C13H7BrFI3O/c14-9-3-7(1-2-10(9)15)6-19-13-11(17)4-8(16)5-12(13)18/h1-5H,6H2. The van der Waals surface area contributed by atoms with Crippen LogP contribution in [0.3, 0.4) is 0 Å². The summed E-state index contributed by atoms with van der Waals surface area (Å²) in [6.07, 6.45) is 0. The lowest BCUT2D eigenvalue weighted by molar-refractivity contribution is 0.301. The van der Waals surface area contributed by atoms with Crippen molar-refractivity contribution in [3.63, 3.8) is 0 Å². The second kappa shape index (κ2) is 7.21. The highest BCUT2D eigenvalue weighted by atomic mass is 127. The number of halogens is 5. The highest BCUT2D eigenvalue weighted by Crippen LogP contribution is 2.30. The van der Waals surface area contributed by atoms with Gasteiger partial charge in [0, 0.05) is 3.57 Å². The third-order valence-electron chi connectivity index (χ3n) is 2.33. The minimum Gasteiger partial charge on any atom is -0.487 e. The first-order chi connectivity index (χ1) is 8.97. The largest absolute Gasteiger partial charge is 0.487 e. The third-order valence-corrected chi connectivity index (χ3v) is 5.16. The zero-order chi connectivity index (χ0) is 14.0. The Kier molecular flexibility index (Phi) is 6.15. The van der Waals surface area contributed by atoms with Gasteiger partial charge in [0.25, 0.3) is 0 Å². The molecule has 0 aliphatic rings. The molecule has 0 aliphatic heterocycles. The minimum atomic E-state index is -0.262. The molecule has 0 aromatic heterocycles. The number of benzene rings is 2. The summed E-state index contributed by atoms with van der Waals surface area (Å²) in [6.45, 7) is 0.422. The molecule has 0 unspecified atom stereocenters. The van der Waals surface area contributed by atoms with Crippen molar-refractivity contribution in [3.05, 3.63) is 56.9 Å². The molecule has 19 heavy (non-hydrogen) atoms. The van der Waals surface area contributed by atoms with Crippen LogP contribution in [0.4, 0.5) is 4.39 Å². The van der Waals surface area contributed by atoms with Crippen LogP contribution in [0.15, 0.2) is 34.8 Å².